The lowest BCUT2D eigenvalue weighted by Crippen LogP contribution is -2.18. The second kappa shape index (κ2) is 10.3. The molecule has 10 heteroatoms. The average molecular weight is 574 g/mol. The van der Waals surface area contributed by atoms with E-state index in [1.807, 2.05) is 42.6 Å². The second-order valence-corrected chi connectivity index (χ2v) is 12.2. The molecule has 0 aliphatic carbocycles. The minimum Gasteiger partial charge on any atom is -0.481 e. The largest absolute Gasteiger partial charge is 0.481 e. The molecule has 196 valence electrons. The van der Waals surface area contributed by atoms with Crippen LogP contribution < -0.4 is 5.32 Å². The quantitative estimate of drug-likeness (QED) is 0.201. The molecule has 0 radical (unpaired) electrons. The van der Waals surface area contributed by atoms with E-state index in [1.165, 1.54) is 0 Å². The molecule has 0 aliphatic heterocycles. The maximum atomic E-state index is 12.7. The van der Waals surface area contributed by atoms with Gasteiger partial charge in [-0.15, -0.1) is 34.0 Å². The third kappa shape index (κ3) is 5.06. The van der Waals surface area contributed by atoms with E-state index < -0.39 is 12.1 Å². The normalized spacial score (nSPS) is 12.2. The summed E-state index contributed by atoms with van der Waals surface area (Å²) in [4.78, 5) is 26.1. The first kappa shape index (κ1) is 25.3. The molecule has 0 bridgehead atoms. The van der Waals surface area contributed by atoms with E-state index in [0.29, 0.717) is 5.82 Å². The minimum absolute atomic E-state index is 0.0204. The van der Waals surface area contributed by atoms with Gasteiger partial charge in [0.2, 0.25) is 0 Å². The van der Waals surface area contributed by atoms with Gasteiger partial charge in [-0.05, 0) is 58.6 Å². The molecular weight excluding hydrogens is 551 g/mol. The topological polar surface area (TPSA) is 93.4 Å². The van der Waals surface area contributed by atoms with Gasteiger partial charge in [0.1, 0.15) is 11.9 Å². The van der Waals surface area contributed by atoms with Crippen molar-refractivity contribution in [2.75, 3.05) is 5.32 Å². The highest BCUT2D eigenvalue weighted by atomic mass is 32.1. The number of anilines is 1. The summed E-state index contributed by atoms with van der Waals surface area (Å²) in [5.74, 6) is -0.254. The molecule has 4 heterocycles. The Morgan fingerprint density at radius 2 is 1.77 bits per heavy atom. The highest BCUT2D eigenvalue weighted by Gasteiger charge is 2.20. The maximum absolute atomic E-state index is 12.7. The average Bonchev–Trinajstić information content (AvgIpc) is 3.68. The van der Waals surface area contributed by atoms with Gasteiger partial charge in [0.25, 0.3) is 0 Å². The van der Waals surface area contributed by atoms with Crippen molar-refractivity contribution in [3.8, 4) is 20.9 Å². The van der Waals surface area contributed by atoms with Gasteiger partial charge in [0.05, 0.1) is 18.2 Å². The van der Waals surface area contributed by atoms with Crippen LogP contribution in [-0.4, -0.2) is 26.9 Å². The van der Waals surface area contributed by atoms with Crippen LogP contribution >= 0.6 is 34.0 Å². The molecule has 0 saturated carbocycles. The monoisotopic (exact) mass is 573 g/mol. The molecule has 4 aromatic heterocycles. The zero-order valence-electron chi connectivity index (χ0n) is 21.0. The van der Waals surface area contributed by atoms with Crippen molar-refractivity contribution in [2.45, 2.75) is 19.4 Å². The molecule has 1 unspecified atom stereocenters. The number of amides is 1. The van der Waals surface area contributed by atoms with Gasteiger partial charge < -0.3 is 9.84 Å². The Bertz CT molecular complexity index is 1800. The third-order valence-electron chi connectivity index (χ3n) is 6.46. The zero-order valence-corrected chi connectivity index (χ0v) is 23.5. The van der Waals surface area contributed by atoms with Gasteiger partial charge in [0.15, 0.2) is 0 Å². The number of ether oxygens (including phenoxy) is 1. The van der Waals surface area contributed by atoms with Crippen LogP contribution in [0.3, 0.4) is 0 Å². The van der Waals surface area contributed by atoms with Gasteiger partial charge in [-0.1, -0.05) is 36.4 Å². The number of nitrogens with one attached hydrogen (secondary N) is 1. The van der Waals surface area contributed by atoms with Crippen LogP contribution in [0.1, 0.15) is 24.2 Å². The smallest absolute Gasteiger partial charge is 0.413 e. The zero-order chi connectivity index (χ0) is 27.1. The minimum atomic E-state index is -0.826. The predicted molar refractivity (Wildman–Crippen MR) is 159 cm³/mol. The summed E-state index contributed by atoms with van der Waals surface area (Å²) in [6, 6.07) is 20.1. The fraction of sp³-hybridized carbons (Fsp3) is 0.138. The first-order valence-corrected chi connectivity index (χ1v) is 14.7. The number of nitrogens with zero attached hydrogens (tertiary/aromatic N) is 2. The molecule has 0 aliphatic rings. The maximum Gasteiger partial charge on any atom is 0.413 e. The number of aliphatic carboxylic acids is 1. The summed E-state index contributed by atoms with van der Waals surface area (Å²) in [5, 5.41) is 19.4. The van der Waals surface area contributed by atoms with Crippen LogP contribution in [0.5, 0.6) is 0 Å². The molecule has 1 amide bonds. The van der Waals surface area contributed by atoms with E-state index in [9.17, 15) is 14.7 Å². The van der Waals surface area contributed by atoms with Crippen molar-refractivity contribution in [2.24, 2.45) is 7.05 Å². The molecule has 6 rings (SSSR count). The Labute approximate surface area is 235 Å². The summed E-state index contributed by atoms with van der Waals surface area (Å²) in [6.45, 7) is 1.84. The predicted octanol–water partition coefficient (Wildman–Crippen LogP) is 8.18. The first-order valence-electron chi connectivity index (χ1n) is 12.2. The van der Waals surface area contributed by atoms with Crippen LogP contribution in [0.2, 0.25) is 0 Å². The molecule has 7 nitrogen and oxygen atoms in total. The number of hydrogen-bond donors (Lipinski definition) is 2. The van der Waals surface area contributed by atoms with Crippen LogP contribution in [0, 0.1) is 0 Å². The van der Waals surface area contributed by atoms with E-state index in [0.717, 1.165) is 51.5 Å². The molecular formula is C29H23N3O4S3. The lowest BCUT2D eigenvalue weighted by atomic mass is 10.1. The van der Waals surface area contributed by atoms with E-state index >= 15 is 0 Å². The summed E-state index contributed by atoms with van der Waals surface area (Å²) in [7, 11) is 1.78. The van der Waals surface area contributed by atoms with Gasteiger partial charge >= 0.3 is 12.1 Å². The number of carboxylic acid groups (broad SMARTS) is 1. The Morgan fingerprint density at radius 3 is 2.54 bits per heavy atom. The Kier molecular flexibility index (Phi) is 6.68. The number of thiophene rings is 3. The van der Waals surface area contributed by atoms with E-state index in [-0.39, 0.29) is 12.5 Å². The fourth-order valence-corrected chi connectivity index (χ4v) is 7.84. The first-order chi connectivity index (χ1) is 18.9. The number of rotatable bonds is 7. The number of benzene rings is 2. The van der Waals surface area contributed by atoms with E-state index in [1.54, 1.807) is 51.9 Å². The summed E-state index contributed by atoms with van der Waals surface area (Å²) >= 11 is 4.90. The van der Waals surface area contributed by atoms with Gasteiger partial charge in [-0.25, -0.2) is 4.79 Å². The molecule has 6 aromatic rings. The van der Waals surface area contributed by atoms with Gasteiger partial charge in [0, 0.05) is 30.9 Å². The Balaban J connectivity index is 1.24. The second-order valence-electron chi connectivity index (χ2n) is 9.11. The van der Waals surface area contributed by atoms with E-state index in [4.69, 9.17) is 4.74 Å². The molecule has 0 spiro atoms. The van der Waals surface area contributed by atoms with Crippen molar-refractivity contribution < 1.29 is 19.4 Å². The van der Waals surface area contributed by atoms with E-state index in [2.05, 4.69) is 40.7 Å². The molecule has 0 fully saturated rings. The number of carbonyl (C=O) groups is 2. The van der Waals surface area contributed by atoms with Crippen LogP contribution in [0.25, 0.3) is 40.4 Å². The Hall–Kier alpha value is -3.99. The van der Waals surface area contributed by atoms with Crippen LogP contribution in [-0.2, 0) is 23.0 Å². The number of fused-ring (bicyclic) bond motifs is 2. The lowest BCUT2D eigenvalue weighted by molar-refractivity contribution is -0.136. The number of aryl methyl sites for hydroxylation is 1. The standard InChI is InChI=1S/C29H23N3O4S3/c1-16(17-6-4-3-5-7-17)36-29(35)31-28-21(14-30-32(28)2)24-13-26-25(39-24)12-23(38-26)18-8-9-22-20(10-18)19(15-37-22)11-27(33)34/h3-10,12-16H,11H2,1-2H3,(H,31,35)(H,33,34). The van der Waals surface area contributed by atoms with Crippen molar-refractivity contribution in [1.29, 1.82) is 0 Å². The number of carbonyl (C=O) groups excluding carboxylic acids is 1. The molecule has 2 N–H and O–H groups in total. The van der Waals surface area contributed by atoms with Crippen molar-refractivity contribution in [1.82, 2.24) is 9.78 Å². The Morgan fingerprint density at radius 1 is 1.03 bits per heavy atom. The molecule has 1 atom stereocenters. The molecule has 2 aromatic carbocycles. The fourth-order valence-electron chi connectivity index (χ4n) is 4.49. The van der Waals surface area contributed by atoms with Gasteiger partial charge in [-0.2, -0.15) is 5.10 Å². The molecule has 0 saturated heterocycles. The van der Waals surface area contributed by atoms with Gasteiger partial charge in [-0.3, -0.25) is 14.8 Å². The van der Waals surface area contributed by atoms with Crippen molar-refractivity contribution >= 4 is 71.4 Å². The summed E-state index contributed by atoms with van der Waals surface area (Å²) < 4.78 is 10.6. The third-order valence-corrected chi connectivity index (χ3v) is 9.85. The van der Waals surface area contributed by atoms with Crippen LogP contribution in [0.15, 0.2) is 72.2 Å². The highest BCUT2D eigenvalue weighted by Crippen LogP contribution is 2.44. The number of hydrogen-bond acceptors (Lipinski definition) is 7. The van der Waals surface area contributed by atoms with Crippen molar-refractivity contribution in [3.63, 3.8) is 0 Å². The van der Waals surface area contributed by atoms with Crippen LogP contribution in [0.4, 0.5) is 10.6 Å². The number of carboxylic acids is 1. The lowest BCUT2D eigenvalue weighted by Gasteiger charge is -2.14. The number of aromatic nitrogens is 2. The summed E-state index contributed by atoms with van der Waals surface area (Å²) in [5.41, 5.74) is 3.66. The molecule has 39 heavy (non-hydrogen) atoms. The van der Waals surface area contributed by atoms with Crippen molar-refractivity contribution in [3.05, 3.63) is 83.4 Å². The summed E-state index contributed by atoms with van der Waals surface area (Å²) in [6.07, 6.45) is 0.845. The highest BCUT2D eigenvalue weighted by molar-refractivity contribution is 7.31. The SMILES string of the molecule is CC(OC(=O)Nc1c(-c2cc3sc(-c4ccc5scc(CC(=O)O)c5c4)cc3s2)cnn1C)c1ccccc1.